The molecule has 2 nitrogen and oxygen atoms in total. The van der Waals surface area contributed by atoms with Crippen molar-refractivity contribution in [1.82, 2.24) is 0 Å². The number of hydrogen-bond donors (Lipinski definition) is 0. The van der Waals surface area contributed by atoms with E-state index < -0.39 is 6.36 Å². The second-order valence-electron chi connectivity index (χ2n) is 2.34. The standard InChI is InChI=1S/C9H8F3O2/c1-2-13-7-5-3-4-6-8(7)14-9(10,11)12/h3-6H,1-2H2. The molecule has 0 fully saturated rings. The first kappa shape index (κ1) is 10.7. The topological polar surface area (TPSA) is 18.5 Å². The molecule has 0 aliphatic carbocycles. The molecule has 0 heterocycles. The lowest BCUT2D eigenvalue weighted by Crippen LogP contribution is -2.17. The van der Waals surface area contributed by atoms with Gasteiger partial charge in [0.1, 0.15) is 0 Å². The summed E-state index contributed by atoms with van der Waals surface area (Å²) >= 11 is 0. The minimum atomic E-state index is -4.71. The van der Waals surface area contributed by atoms with Crippen molar-refractivity contribution in [3.05, 3.63) is 31.2 Å². The van der Waals surface area contributed by atoms with Gasteiger partial charge in [-0.3, -0.25) is 0 Å². The first-order valence-corrected chi connectivity index (χ1v) is 3.80. The van der Waals surface area contributed by atoms with E-state index >= 15 is 0 Å². The van der Waals surface area contributed by atoms with Crippen LogP contribution in [0, 0.1) is 6.92 Å². The number of para-hydroxylation sites is 2. The first-order chi connectivity index (χ1) is 6.53. The third kappa shape index (κ3) is 3.16. The average Bonchev–Trinajstić information content (AvgIpc) is 2.06. The molecule has 77 valence electrons. The van der Waals surface area contributed by atoms with Crippen molar-refractivity contribution in [1.29, 1.82) is 0 Å². The van der Waals surface area contributed by atoms with Crippen molar-refractivity contribution in [2.45, 2.75) is 6.36 Å². The second kappa shape index (κ2) is 4.21. The molecule has 0 N–H and O–H groups in total. The van der Waals surface area contributed by atoms with Crippen LogP contribution in [0.15, 0.2) is 24.3 Å². The van der Waals surface area contributed by atoms with Gasteiger partial charge in [-0.05, 0) is 19.1 Å². The van der Waals surface area contributed by atoms with E-state index in [9.17, 15) is 13.2 Å². The third-order valence-corrected chi connectivity index (χ3v) is 1.33. The average molecular weight is 205 g/mol. The van der Waals surface area contributed by atoms with E-state index in [0.717, 1.165) is 0 Å². The molecule has 5 heteroatoms. The highest BCUT2D eigenvalue weighted by Gasteiger charge is 2.32. The van der Waals surface area contributed by atoms with Gasteiger partial charge in [-0.25, -0.2) is 0 Å². The van der Waals surface area contributed by atoms with Crippen LogP contribution >= 0.6 is 0 Å². The molecule has 0 saturated heterocycles. The van der Waals surface area contributed by atoms with E-state index in [4.69, 9.17) is 4.74 Å². The monoisotopic (exact) mass is 205 g/mol. The van der Waals surface area contributed by atoms with Gasteiger partial charge in [0.15, 0.2) is 11.5 Å². The molecule has 0 amide bonds. The summed E-state index contributed by atoms with van der Waals surface area (Å²) < 4.78 is 44.2. The third-order valence-electron chi connectivity index (χ3n) is 1.33. The van der Waals surface area contributed by atoms with Crippen LogP contribution in [0.3, 0.4) is 0 Å². The molecule has 0 saturated carbocycles. The number of ether oxygens (including phenoxy) is 2. The summed E-state index contributed by atoms with van der Waals surface area (Å²) in [5.41, 5.74) is 0. The number of benzene rings is 1. The van der Waals surface area contributed by atoms with E-state index in [1.54, 1.807) is 6.07 Å². The molecule has 1 rings (SSSR count). The van der Waals surface area contributed by atoms with Crippen LogP contribution in [0.4, 0.5) is 13.2 Å². The number of rotatable bonds is 3. The SMILES string of the molecule is [CH2]COc1ccccc1OC(F)(F)F. The maximum Gasteiger partial charge on any atom is 0.573 e. The normalized spacial score (nSPS) is 11.1. The summed E-state index contributed by atoms with van der Waals surface area (Å²) in [5.74, 6) is -0.330. The molecule has 1 aromatic rings. The molecule has 0 bridgehead atoms. The summed E-state index contributed by atoms with van der Waals surface area (Å²) in [6, 6.07) is 5.54. The molecule has 0 aliphatic rings. The zero-order valence-electron chi connectivity index (χ0n) is 7.17. The Morgan fingerprint density at radius 3 is 2.21 bits per heavy atom. The highest BCUT2D eigenvalue weighted by atomic mass is 19.4. The zero-order chi connectivity index (χ0) is 10.6. The molecule has 1 aromatic carbocycles. The van der Waals surface area contributed by atoms with Gasteiger partial charge in [0.25, 0.3) is 0 Å². The molecule has 1 radical (unpaired) electrons. The molecular weight excluding hydrogens is 197 g/mol. The predicted octanol–water partition coefficient (Wildman–Crippen LogP) is 2.80. The Hall–Kier alpha value is -1.39. The number of halogens is 3. The molecule has 14 heavy (non-hydrogen) atoms. The van der Waals surface area contributed by atoms with E-state index in [2.05, 4.69) is 11.7 Å². The lowest BCUT2D eigenvalue weighted by atomic mass is 10.3. The van der Waals surface area contributed by atoms with Crippen molar-refractivity contribution in [2.24, 2.45) is 0 Å². The highest BCUT2D eigenvalue weighted by Crippen LogP contribution is 2.31. The van der Waals surface area contributed by atoms with Crippen LogP contribution in [0.1, 0.15) is 0 Å². The van der Waals surface area contributed by atoms with Gasteiger partial charge < -0.3 is 9.47 Å². The van der Waals surface area contributed by atoms with Crippen molar-refractivity contribution >= 4 is 0 Å². The van der Waals surface area contributed by atoms with Crippen LogP contribution < -0.4 is 9.47 Å². The van der Waals surface area contributed by atoms with Gasteiger partial charge in [-0.15, -0.1) is 13.2 Å². The van der Waals surface area contributed by atoms with Crippen LogP contribution in [0.25, 0.3) is 0 Å². The first-order valence-electron chi connectivity index (χ1n) is 3.80. The Morgan fingerprint density at radius 1 is 1.14 bits per heavy atom. The largest absolute Gasteiger partial charge is 0.573 e. The smallest absolute Gasteiger partial charge is 0.490 e. The zero-order valence-corrected chi connectivity index (χ0v) is 7.17. The fraction of sp³-hybridized carbons (Fsp3) is 0.222. The number of alkyl halides is 3. The van der Waals surface area contributed by atoms with Gasteiger partial charge in [0.05, 0.1) is 6.61 Å². The summed E-state index contributed by atoms with van der Waals surface area (Å²) in [5, 5.41) is 0. The number of hydrogen-bond acceptors (Lipinski definition) is 2. The Morgan fingerprint density at radius 2 is 1.71 bits per heavy atom. The fourth-order valence-electron chi connectivity index (χ4n) is 0.888. The van der Waals surface area contributed by atoms with Crippen molar-refractivity contribution in [2.75, 3.05) is 6.61 Å². The minimum Gasteiger partial charge on any atom is -0.490 e. The van der Waals surface area contributed by atoms with Gasteiger partial charge in [0, 0.05) is 0 Å². The molecule has 0 aromatic heterocycles. The Balaban J connectivity index is 2.84. The quantitative estimate of drug-likeness (QED) is 0.755. The van der Waals surface area contributed by atoms with Gasteiger partial charge >= 0.3 is 6.36 Å². The second-order valence-corrected chi connectivity index (χ2v) is 2.34. The molecular formula is C9H8F3O2. The van der Waals surface area contributed by atoms with Crippen molar-refractivity contribution in [3.8, 4) is 11.5 Å². The summed E-state index contributed by atoms with van der Waals surface area (Å²) in [6.45, 7) is 3.40. The Bertz CT molecular complexity index is 296. The fourth-order valence-corrected chi connectivity index (χ4v) is 0.888. The van der Waals surface area contributed by atoms with Crippen molar-refractivity contribution < 1.29 is 22.6 Å². The lowest BCUT2D eigenvalue weighted by Gasteiger charge is -2.12. The van der Waals surface area contributed by atoms with Crippen LogP contribution in [-0.4, -0.2) is 13.0 Å². The van der Waals surface area contributed by atoms with E-state index in [-0.39, 0.29) is 18.1 Å². The summed E-state index contributed by atoms with van der Waals surface area (Å²) in [6.07, 6.45) is -4.71. The maximum atomic E-state index is 11.9. The Labute approximate surface area is 79.2 Å². The van der Waals surface area contributed by atoms with E-state index in [1.165, 1.54) is 18.2 Å². The summed E-state index contributed by atoms with van der Waals surface area (Å²) in [4.78, 5) is 0. The maximum absolute atomic E-state index is 11.9. The molecule has 0 spiro atoms. The van der Waals surface area contributed by atoms with Crippen LogP contribution in [0.2, 0.25) is 0 Å². The lowest BCUT2D eigenvalue weighted by molar-refractivity contribution is -0.275. The van der Waals surface area contributed by atoms with Gasteiger partial charge in [0.2, 0.25) is 0 Å². The summed E-state index contributed by atoms with van der Waals surface area (Å²) in [7, 11) is 0. The van der Waals surface area contributed by atoms with E-state index in [0.29, 0.717) is 0 Å². The predicted molar refractivity (Wildman–Crippen MR) is 44.0 cm³/mol. The molecule has 0 aliphatic heterocycles. The van der Waals surface area contributed by atoms with E-state index in [1.807, 2.05) is 0 Å². The molecule has 0 unspecified atom stereocenters. The van der Waals surface area contributed by atoms with Crippen LogP contribution in [0.5, 0.6) is 11.5 Å². The molecule has 0 atom stereocenters. The van der Waals surface area contributed by atoms with Crippen LogP contribution in [-0.2, 0) is 0 Å². The van der Waals surface area contributed by atoms with Gasteiger partial charge in [-0.1, -0.05) is 12.1 Å². The highest BCUT2D eigenvalue weighted by molar-refractivity contribution is 5.39. The van der Waals surface area contributed by atoms with Crippen molar-refractivity contribution in [3.63, 3.8) is 0 Å². The Kier molecular flexibility index (Phi) is 3.22. The van der Waals surface area contributed by atoms with Gasteiger partial charge in [-0.2, -0.15) is 0 Å². The minimum absolute atomic E-state index is 0.0276.